The molecular formula is C11H22O2. The van der Waals surface area contributed by atoms with Crippen molar-refractivity contribution < 1.29 is 9.90 Å². The first-order valence-electron chi connectivity index (χ1n) is 5.19. The van der Waals surface area contributed by atoms with Gasteiger partial charge in [-0.25, -0.2) is 0 Å². The second kappa shape index (κ2) is 5.25. The molecule has 0 aliphatic heterocycles. The van der Waals surface area contributed by atoms with Crippen LogP contribution < -0.4 is 0 Å². The van der Waals surface area contributed by atoms with Crippen LogP contribution in [0.25, 0.3) is 0 Å². The summed E-state index contributed by atoms with van der Waals surface area (Å²) in [6.07, 6.45) is 3.78. The molecular weight excluding hydrogens is 164 g/mol. The topological polar surface area (TPSA) is 37.3 Å². The largest absolute Gasteiger partial charge is 0.481 e. The highest BCUT2D eigenvalue weighted by molar-refractivity contribution is 5.73. The fourth-order valence-corrected chi connectivity index (χ4v) is 1.75. The van der Waals surface area contributed by atoms with E-state index in [1.807, 2.05) is 13.8 Å². The molecule has 13 heavy (non-hydrogen) atoms. The average Bonchev–Trinajstić information content (AvgIpc) is 2.04. The number of carbonyl (C=O) groups is 1. The van der Waals surface area contributed by atoms with Crippen LogP contribution in [0, 0.1) is 11.3 Å². The molecule has 0 radical (unpaired) electrons. The third-order valence-corrected chi connectivity index (χ3v) is 2.88. The summed E-state index contributed by atoms with van der Waals surface area (Å²) in [6, 6.07) is 0. The molecule has 2 unspecified atom stereocenters. The van der Waals surface area contributed by atoms with Crippen LogP contribution in [0.1, 0.15) is 53.4 Å². The Morgan fingerprint density at radius 1 is 1.46 bits per heavy atom. The van der Waals surface area contributed by atoms with E-state index >= 15 is 0 Å². The van der Waals surface area contributed by atoms with Crippen molar-refractivity contribution in [2.45, 2.75) is 53.4 Å². The van der Waals surface area contributed by atoms with Crippen LogP contribution in [0.15, 0.2) is 0 Å². The predicted molar refractivity (Wildman–Crippen MR) is 54.7 cm³/mol. The van der Waals surface area contributed by atoms with Crippen LogP contribution in [0.4, 0.5) is 0 Å². The number of hydrogen-bond donors (Lipinski definition) is 1. The van der Waals surface area contributed by atoms with E-state index in [0.29, 0.717) is 5.92 Å². The highest BCUT2D eigenvalue weighted by Crippen LogP contribution is 2.31. The minimum Gasteiger partial charge on any atom is -0.481 e. The Bertz CT molecular complexity index is 165. The van der Waals surface area contributed by atoms with Crippen LogP contribution in [0.2, 0.25) is 0 Å². The Balaban J connectivity index is 4.18. The van der Waals surface area contributed by atoms with Crippen molar-refractivity contribution >= 4 is 5.97 Å². The maximum absolute atomic E-state index is 11.0. The van der Waals surface area contributed by atoms with Crippen molar-refractivity contribution in [1.29, 1.82) is 0 Å². The molecule has 0 aliphatic carbocycles. The molecule has 0 heterocycles. The van der Waals surface area contributed by atoms with E-state index in [-0.39, 0.29) is 0 Å². The van der Waals surface area contributed by atoms with Crippen LogP contribution in [-0.2, 0) is 4.79 Å². The van der Waals surface area contributed by atoms with E-state index in [0.717, 1.165) is 25.7 Å². The average molecular weight is 186 g/mol. The van der Waals surface area contributed by atoms with Gasteiger partial charge in [-0.15, -0.1) is 0 Å². The lowest BCUT2D eigenvalue weighted by atomic mass is 9.78. The Kier molecular flexibility index (Phi) is 5.04. The molecule has 2 nitrogen and oxygen atoms in total. The van der Waals surface area contributed by atoms with Gasteiger partial charge >= 0.3 is 5.97 Å². The van der Waals surface area contributed by atoms with Crippen molar-refractivity contribution in [3.05, 3.63) is 0 Å². The van der Waals surface area contributed by atoms with E-state index in [4.69, 9.17) is 5.11 Å². The molecule has 0 saturated heterocycles. The minimum atomic E-state index is -0.655. The van der Waals surface area contributed by atoms with Gasteiger partial charge in [0.15, 0.2) is 0 Å². The molecule has 0 amide bonds. The lowest BCUT2D eigenvalue weighted by Gasteiger charge is -2.26. The summed E-state index contributed by atoms with van der Waals surface area (Å²) < 4.78 is 0. The quantitative estimate of drug-likeness (QED) is 0.691. The lowest BCUT2D eigenvalue weighted by Crippen LogP contribution is -2.28. The summed E-state index contributed by atoms with van der Waals surface area (Å²) in [4.78, 5) is 11.0. The molecule has 0 bridgehead atoms. The van der Waals surface area contributed by atoms with Gasteiger partial charge in [0, 0.05) is 0 Å². The summed E-state index contributed by atoms with van der Waals surface area (Å²) in [5.41, 5.74) is -0.519. The Morgan fingerprint density at radius 3 is 2.31 bits per heavy atom. The normalized spacial score (nSPS) is 17.8. The first kappa shape index (κ1) is 12.5. The minimum absolute atomic E-state index is 0.519. The summed E-state index contributed by atoms with van der Waals surface area (Å²) in [6.45, 7) is 8.08. The zero-order valence-corrected chi connectivity index (χ0v) is 9.26. The van der Waals surface area contributed by atoms with Gasteiger partial charge in [-0.05, 0) is 25.7 Å². The fraction of sp³-hybridized carbons (Fsp3) is 0.909. The summed E-state index contributed by atoms with van der Waals surface area (Å²) in [5, 5.41) is 9.05. The molecule has 78 valence electrons. The van der Waals surface area contributed by atoms with E-state index in [9.17, 15) is 4.79 Å². The standard InChI is InChI=1S/C11H22O2/c1-5-7-9(3)8-11(4,6-2)10(12)13/h9H,5-8H2,1-4H3,(H,12,13). The lowest BCUT2D eigenvalue weighted by molar-refractivity contribution is -0.149. The van der Waals surface area contributed by atoms with Gasteiger partial charge in [-0.2, -0.15) is 0 Å². The van der Waals surface area contributed by atoms with E-state index < -0.39 is 11.4 Å². The SMILES string of the molecule is CCCC(C)CC(C)(CC)C(=O)O. The highest BCUT2D eigenvalue weighted by atomic mass is 16.4. The van der Waals surface area contributed by atoms with Gasteiger partial charge in [0.05, 0.1) is 5.41 Å². The molecule has 2 atom stereocenters. The zero-order valence-electron chi connectivity index (χ0n) is 9.26. The van der Waals surface area contributed by atoms with Gasteiger partial charge in [-0.3, -0.25) is 4.79 Å². The number of hydrogen-bond acceptors (Lipinski definition) is 1. The van der Waals surface area contributed by atoms with Crippen molar-refractivity contribution in [2.75, 3.05) is 0 Å². The zero-order chi connectivity index (χ0) is 10.5. The van der Waals surface area contributed by atoms with Crippen molar-refractivity contribution in [2.24, 2.45) is 11.3 Å². The maximum Gasteiger partial charge on any atom is 0.309 e. The van der Waals surface area contributed by atoms with Crippen LogP contribution in [0.3, 0.4) is 0 Å². The van der Waals surface area contributed by atoms with Crippen molar-refractivity contribution in [3.63, 3.8) is 0 Å². The van der Waals surface area contributed by atoms with Crippen molar-refractivity contribution in [3.8, 4) is 0 Å². The molecule has 0 fully saturated rings. The molecule has 1 N–H and O–H groups in total. The summed E-state index contributed by atoms with van der Waals surface area (Å²) in [7, 11) is 0. The number of aliphatic carboxylic acids is 1. The van der Waals surface area contributed by atoms with E-state index in [2.05, 4.69) is 13.8 Å². The van der Waals surface area contributed by atoms with Gasteiger partial charge in [0.2, 0.25) is 0 Å². The molecule has 0 spiro atoms. The van der Waals surface area contributed by atoms with Gasteiger partial charge in [-0.1, -0.05) is 33.6 Å². The highest BCUT2D eigenvalue weighted by Gasteiger charge is 2.32. The molecule has 0 aromatic rings. The fourth-order valence-electron chi connectivity index (χ4n) is 1.75. The number of carboxylic acids is 1. The first-order valence-corrected chi connectivity index (χ1v) is 5.19. The second-order valence-electron chi connectivity index (χ2n) is 4.32. The number of rotatable bonds is 6. The van der Waals surface area contributed by atoms with Crippen LogP contribution in [-0.4, -0.2) is 11.1 Å². The second-order valence-corrected chi connectivity index (χ2v) is 4.32. The molecule has 0 aromatic heterocycles. The Hall–Kier alpha value is -0.530. The molecule has 0 rings (SSSR count). The summed E-state index contributed by atoms with van der Waals surface area (Å²) >= 11 is 0. The van der Waals surface area contributed by atoms with Gasteiger partial charge in [0.1, 0.15) is 0 Å². The first-order chi connectivity index (χ1) is 5.96. The predicted octanol–water partition coefficient (Wildman–Crippen LogP) is 3.31. The number of carboxylic acid groups (broad SMARTS) is 1. The van der Waals surface area contributed by atoms with Crippen LogP contribution in [0.5, 0.6) is 0 Å². The smallest absolute Gasteiger partial charge is 0.309 e. The Morgan fingerprint density at radius 2 is 2.00 bits per heavy atom. The molecule has 0 aliphatic rings. The van der Waals surface area contributed by atoms with Crippen LogP contribution >= 0.6 is 0 Å². The van der Waals surface area contributed by atoms with E-state index in [1.165, 1.54) is 0 Å². The molecule has 0 aromatic carbocycles. The monoisotopic (exact) mass is 186 g/mol. The van der Waals surface area contributed by atoms with Crippen molar-refractivity contribution in [1.82, 2.24) is 0 Å². The third kappa shape index (κ3) is 3.79. The molecule has 2 heteroatoms. The summed E-state index contributed by atoms with van der Waals surface area (Å²) in [5.74, 6) is -0.135. The van der Waals surface area contributed by atoms with Gasteiger partial charge < -0.3 is 5.11 Å². The third-order valence-electron chi connectivity index (χ3n) is 2.88. The van der Waals surface area contributed by atoms with E-state index in [1.54, 1.807) is 0 Å². The molecule has 0 saturated carbocycles. The Labute approximate surface area is 81.3 Å². The maximum atomic E-state index is 11.0. The van der Waals surface area contributed by atoms with Gasteiger partial charge in [0.25, 0.3) is 0 Å².